The molecule has 30 heavy (non-hydrogen) atoms. The molecule has 1 heterocycles. The fourth-order valence-electron chi connectivity index (χ4n) is 2.42. The molecule has 2 aromatic rings. The zero-order valence-electron chi connectivity index (χ0n) is 15.5. The Labute approximate surface area is 180 Å². The molecule has 8 nitrogen and oxygen atoms in total. The van der Waals surface area contributed by atoms with E-state index >= 15 is 0 Å². The van der Waals surface area contributed by atoms with E-state index in [0.29, 0.717) is 0 Å². The van der Waals surface area contributed by atoms with Crippen LogP contribution in [-0.4, -0.2) is 41.4 Å². The van der Waals surface area contributed by atoms with E-state index in [9.17, 15) is 14.4 Å². The number of nitrogens with one attached hydrogen (secondary N) is 1. The molecule has 0 spiro atoms. The maximum atomic E-state index is 11.7. The molecule has 1 saturated heterocycles. The van der Waals surface area contributed by atoms with E-state index in [2.05, 4.69) is 20.3 Å². The van der Waals surface area contributed by atoms with Crippen LogP contribution >= 0.6 is 23.4 Å². The van der Waals surface area contributed by atoms with E-state index in [4.69, 9.17) is 16.7 Å². The van der Waals surface area contributed by atoms with Gasteiger partial charge in [-0.3, -0.25) is 10.1 Å². The van der Waals surface area contributed by atoms with Crippen molar-refractivity contribution in [3.8, 4) is 11.1 Å². The summed E-state index contributed by atoms with van der Waals surface area (Å²) in [6.45, 7) is 0. The summed E-state index contributed by atoms with van der Waals surface area (Å²) in [4.78, 5) is 34.2. The third kappa shape index (κ3) is 5.13. The molecule has 10 heteroatoms. The Morgan fingerprint density at radius 2 is 1.87 bits per heavy atom. The number of ether oxygens (including phenoxy) is 1. The average molecular weight is 444 g/mol. The van der Waals surface area contributed by atoms with Crippen molar-refractivity contribution in [1.82, 2.24) is 5.32 Å². The minimum absolute atomic E-state index is 0.0461. The smallest absolute Gasteiger partial charge is 0.337 e. The summed E-state index contributed by atoms with van der Waals surface area (Å²) in [7, 11) is 1.22. The third-order valence-corrected chi connectivity index (χ3v) is 5.11. The normalized spacial score (nSPS) is 16.3. The lowest BCUT2D eigenvalue weighted by Gasteiger charge is -2.05. The number of carbonyl (C=O) groups is 3. The Hall–Kier alpha value is -3.43. The van der Waals surface area contributed by atoms with Crippen LogP contribution in [0.15, 0.2) is 63.6 Å². The van der Waals surface area contributed by atoms with E-state index in [1.807, 2.05) is 12.1 Å². The van der Waals surface area contributed by atoms with Crippen LogP contribution < -0.4 is 5.32 Å². The average Bonchev–Trinajstić information content (AvgIpc) is 3.07. The van der Waals surface area contributed by atoms with Crippen LogP contribution in [0.1, 0.15) is 15.9 Å². The first-order valence-electron chi connectivity index (χ1n) is 8.40. The van der Waals surface area contributed by atoms with Crippen LogP contribution in [-0.2, 0) is 14.3 Å². The van der Waals surface area contributed by atoms with Crippen molar-refractivity contribution in [2.45, 2.75) is 0 Å². The van der Waals surface area contributed by atoms with Crippen LogP contribution in [0.2, 0.25) is 5.02 Å². The Morgan fingerprint density at radius 1 is 1.17 bits per heavy atom. The first-order valence-corrected chi connectivity index (χ1v) is 9.60. The number of carboxylic acid groups (broad SMARTS) is 1. The zero-order chi connectivity index (χ0) is 21.7. The highest BCUT2D eigenvalue weighted by Crippen LogP contribution is 2.26. The summed E-state index contributed by atoms with van der Waals surface area (Å²) < 4.78 is 4.49. The molecular formula is C20H14ClN3O5S. The molecule has 2 N–H and O–H groups in total. The Balaban J connectivity index is 1.68. The number of nitrogens with zero attached hydrogens (tertiary/aromatic N) is 2. The SMILES string of the molecule is COC(=O)/C=C1/S/C(=N\N=Cc2ccc(-c3ccc(C(=O)O)c(Cl)c3)cc2)NC1=O. The summed E-state index contributed by atoms with van der Waals surface area (Å²) >= 11 is 7.00. The van der Waals surface area contributed by atoms with Gasteiger partial charge in [-0.15, -0.1) is 5.10 Å². The topological polar surface area (TPSA) is 117 Å². The Kier molecular flexibility index (Phi) is 6.65. The van der Waals surface area contributed by atoms with Gasteiger partial charge in [-0.25, -0.2) is 9.59 Å². The maximum absolute atomic E-state index is 11.7. The molecule has 3 rings (SSSR count). The molecule has 1 fully saturated rings. The molecule has 1 aliphatic rings. The molecule has 0 bridgehead atoms. The Morgan fingerprint density at radius 3 is 2.50 bits per heavy atom. The zero-order valence-corrected chi connectivity index (χ0v) is 17.0. The fourth-order valence-corrected chi connectivity index (χ4v) is 3.42. The monoisotopic (exact) mass is 443 g/mol. The van der Waals surface area contributed by atoms with Crippen molar-refractivity contribution in [1.29, 1.82) is 0 Å². The number of amides is 1. The number of esters is 1. The molecule has 1 amide bonds. The maximum Gasteiger partial charge on any atom is 0.337 e. The van der Waals surface area contributed by atoms with Crippen molar-refractivity contribution in [2.24, 2.45) is 10.2 Å². The van der Waals surface area contributed by atoms with Gasteiger partial charge in [0.1, 0.15) is 0 Å². The lowest BCUT2D eigenvalue weighted by atomic mass is 10.0. The predicted molar refractivity (Wildman–Crippen MR) is 115 cm³/mol. The van der Waals surface area contributed by atoms with Crippen molar-refractivity contribution in [2.75, 3.05) is 7.11 Å². The van der Waals surface area contributed by atoms with Crippen LogP contribution in [0.5, 0.6) is 0 Å². The highest BCUT2D eigenvalue weighted by Gasteiger charge is 2.25. The highest BCUT2D eigenvalue weighted by molar-refractivity contribution is 8.18. The molecule has 0 unspecified atom stereocenters. The summed E-state index contributed by atoms with van der Waals surface area (Å²) in [6, 6.07) is 12.0. The standard InChI is InChI=1S/C20H14ClN3O5S/c1-29-17(25)9-16-18(26)23-20(30-16)24-22-10-11-2-4-12(5-3-11)13-6-7-14(19(27)28)15(21)8-13/h2-10H,1H3,(H,27,28)(H,23,24,26)/b16-9+,22-10?. The number of methoxy groups -OCH3 is 1. The van der Waals surface area contributed by atoms with Crippen LogP contribution in [0.25, 0.3) is 11.1 Å². The van der Waals surface area contributed by atoms with Crippen molar-refractivity contribution in [3.05, 3.63) is 69.6 Å². The second kappa shape index (κ2) is 9.38. The van der Waals surface area contributed by atoms with E-state index in [-0.39, 0.29) is 20.7 Å². The number of hydrogen-bond acceptors (Lipinski definition) is 7. The number of thioether (sulfide) groups is 1. The van der Waals surface area contributed by atoms with Gasteiger partial charge in [0.15, 0.2) is 5.17 Å². The second-order valence-electron chi connectivity index (χ2n) is 5.86. The fraction of sp³-hybridized carbons (Fsp3) is 0.0500. The summed E-state index contributed by atoms with van der Waals surface area (Å²) in [6.07, 6.45) is 2.59. The van der Waals surface area contributed by atoms with Gasteiger partial charge in [-0.2, -0.15) is 5.10 Å². The van der Waals surface area contributed by atoms with Gasteiger partial charge < -0.3 is 9.84 Å². The lowest BCUT2D eigenvalue weighted by Crippen LogP contribution is -2.19. The molecule has 0 aliphatic carbocycles. The van der Waals surface area contributed by atoms with E-state index in [0.717, 1.165) is 34.5 Å². The van der Waals surface area contributed by atoms with E-state index in [1.165, 1.54) is 19.4 Å². The van der Waals surface area contributed by atoms with Crippen molar-refractivity contribution >= 4 is 52.6 Å². The number of rotatable bonds is 5. The number of benzene rings is 2. The Bertz CT molecular complexity index is 1110. The summed E-state index contributed by atoms with van der Waals surface area (Å²) in [5, 5.41) is 19.8. The van der Waals surface area contributed by atoms with Gasteiger partial charge in [0.2, 0.25) is 0 Å². The number of carbonyl (C=O) groups excluding carboxylic acids is 2. The van der Waals surface area contributed by atoms with Crippen LogP contribution in [0, 0.1) is 0 Å². The highest BCUT2D eigenvalue weighted by atomic mass is 35.5. The van der Waals surface area contributed by atoms with E-state index in [1.54, 1.807) is 24.3 Å². The molecule has 0 saturated carbocycles. The number of halogens is 1. The molecule has 0 atom stereocenters. The van der Waals surface area contributed by atoms with Gasteiger partial charge in [-0.1, -0.05) is 41.9 Å². The van der Waals surface area contributed by atoms with Gasteiger partial charge in [-0.05, 0) is 40.6 Å². The predicted octanol–water partition coefficient (Wildman–Crippen LogP) is 3.32. The lowest BCUT2D eigenvalue weighted by molar-refractivity contribution is -0.135. The number of carboxylic acids is 1. The minimum Gasteiger partial charge on any atom is -0.478 e. The quantitative estimate of drug-likeness (QED) is 0.317. The summed E-state index contributed by atoms with van der Waals surface area (Å²) in [5.74, 6) is -2.16. The van der Waals surface area contributed by atoms with Gasteiger partial charge >= 0.3 is 11.9 Å². The molecular weight excluding hydrogens is 430 g/mol. The molecule has 152 valence electrons. The van der Waals surface area contributed by atoms with E-state index < -0.39 is 17.8 Å². The van der Waals surface area contributed by atoms with Gasteiger partial charge in [0.05, 0.1) is 28.8 Å². The number of aromatic carboxylic acids is 1. The van der Waals surface area contributed by atoms with Crippen molar-refractivity contribution in [3.63, 3.8) is 0 Å². The number of amidine groups is 1. The molecule has 1 aliphatic heterocycles. The van der Waals surface area contributed by atoms with Gasteiger partial charge in [0, 0.05) is 6.08 Å². The van der Waals surface area contributed by atoms with Crippen molar-refractivity contribution < 1.29 is 24.2 Å². The van der Waals surface area contributed by atoms with Crippen LogP contribution in [0.3, 0.4) is 0 Å². The second-order valence-corrected chi connectivity index (χ2v) is 7.30. The third-order valence-electron chi connectivity index (χ3n) is 3.90. The molecule has 0 radical (unpaired) electrons. The minimum atomic E-state index is -1.08. The summed E-state index contributed by atoms with van der Waals surface area (Å²) in [5.41, 5.74) is 2.44. The van der Waals surface area contributed by atoms with Gasteiger partial charge in [0.25, 0.3) is 5.91 Å². The first kappa shape index (κ1) is 21.3. The number of hydrogen-bond donors (Lipinski definition) is 2. The van der Waals surface area contributed by atoms with Crippen LogP contribution in [0.4, 0.5) is 0 Å². The molecule has 0 aromatic heterocycles. The molecule has 2 aromatic carbocycles. The first-order chi connectivity index (χ1) is 14.4. The largest absolute Gasteiger partial charge is 0.478 e.